The molecule has 0 saturated carbocycles. The summed E-state index contributed by atoms with van der Waals surface area (Å²) in [7, 11) is 0. The molecule has 7 heavy (non-hydrogen) atoms. The van der Waals surface area contributed by atoms with E-state index in [1.54, 1.807) is 0 Å². The second-order valence-electron chi connectivity index (χ2n) is 0.669. The zero-order valence-electron chi connectivity index (χ0n) is 3.07. The predicted octanol–water partition coefficient (Wildman–Crippen LogP) is 2.09. The summed E-state index contributed by atoms with van der Waals surface area (Å²) in [5.41, 5.74) is 0. The number of halogens is 5. The van der Waals surface area contributed by atoms with Crippen LogP contribution in [0.4, 0.5) is 17.6 Å². The summed E-state index contributed by atoms with van der Waals surface area (Å²) in [4.78, 5) is 0. The highest BCUT2D eigenvalue weighted by Gasteiger charge is 2.15. The fourth-order valence-electron chi connectivity index (χ4n) is 0. The smallest absolute Gasteiger partial charge is 0.204 e. The molecule has 0 atom stereocenters. The third-order valence-electron chi connectivity index (χ3n) is 0.190. The van der Waals surface area contributed by atoms with Crippen LogP contribution in [0.15, 0.2) is 0 Å². The molecule has 0 bridgehead atoms. The molecule has 0 saturated heterocycles. The topological polar surface area (TPSA) is 0 Å². The lowest BCUT2D eigenvalue weighted by Crippen LogP contribution is -2.02. The zero-order chi connectivity index (χ0) is 5.15. The first kappa shape index (κ1) is 10.2. The van der Waals surface area contributed by atoms with Crippen molar-refractivity contribution in [2.24, 2.45) is 0 Å². The molecule has 46 valence electrons. The van der Waals surface area contributed by atoms with Gasteiger partial charge >= 0.3 is 0 Å². The van der Waals surface area contributed by atoms with Gasteiger partial charge in [0.1, 0.15) is 0 Å². The molecule has 0 radical (unpaired) electrons. The second-order valence-corrected chi connectivity index (χ2v) is 0.669. The summed E-state index contributed by atoms with van der Waals surface area (Å²) in [5, 5.41) is 0. The molecule has 0 nitrogen and oxygen atoms in total. The number of rotatable bonds is 1. The molecular weight excluding hydrogens is 180 g/mol. The molecule has 0 N–H and O–H groups in total. The van der Waals surface area contributed by atoms with Gasteiger partial charge in [0.15, 0.2) is 0 Å². The minimum absolute atomic E-state index is 0. The van der Waals surface area contributed by atoms with E-state index in [2.05, 4.69) is 0 Å². The van der Waals surface area contributed by atoms with Gasteiger partial charge < -0.3 is 0 Å². The van der Waals surface area contributed by atoms with Gasteiger partial charge in [0.2, 0.25) is 0 Å². The first-order valence-corrected chi connectivity index (χ1v) is 1.21. The molecular formula is C2H3BrF4. The highest BCUT2D eigenvalue weighted by Crippen LogP contribution is 2.04. The van der Waals surface area contributed by atoms with Crippen molar-refractivity contribution in [1.82, 2.24) is 0 Å². The number of alkyl halides is 4. The SMILES string of the molecule is Br.FC(F)C(F)F. The van der Waals surface area contributed by atoms with Crippen LogP contribution in [-0.4, -0.2) is 12.9 Å². The van der Waals surface area contributed by atoms with Gasteiger partial charge in [-0.05, 0) is 0 Å². The van der Waals surface area contributed by atoms with Crippen LogP contribution in [0, 0.1) is 0 Å². The minimum Gasteiger partial charge on any atom is -0.204 e. The second kappa shape index (κ2) is 4.36. The van der Waals surface area contributed by atoms with Crippen LogP contribution < -0.4 is 0 Å². The van der Waals surface area contributed by atoms with E-state index in [1.807, 2.05) is 0 Å². The van der Waals surface area contributed by atoms with Crippen LogP contribution >= 0.6 is 17.0 Å². The Morgan fingerprint density at radius 3 is 0.857 bits per heavy atom. The van der Waals surface area contributed by atoms with Crippen LogP contribution in [0.5, 0.6) is 0 Å². The molecule has 0 amide bonds. The molecule has 5 heteroatoms. The number of hydrogen-bond acceptors (Lipinski definition) is 0. The monoisotopic (exact) mass is 182 g/mol. The van der Waals surface area contributed by atoms with Crippen LogP contribution in [0.1, 0.15) is 0 Å². The van der Waals surface area contributed by atoms with Crippen molar-refractivity contribution >= 4 is 17.0 Å². The van der Waals surface area contributed by atoms with Gasteiger partial charge in [-0.25, -0.2) is 17.6 Å². The first-order chi connectivity index (χ1) is 2.64. The van der Waals surface area contributed by atoms with Gasteiger partial charge in [-0.1, -0.05) is 0 Å². The van der Waals surface area contributed by atoms with E-state index in [4.69, 9.17) is 0 Å². The van der Waals surface area contributed by atoms with Gasteiger partial charge in [0.25, 0.3) is 12.9 Å². The zero-order valence-corrected chi connectivity index (χ0v) is 4.79. The van der Waals surface area contributed by atoms with E-state index in [9.17, 15) is 17.6 Å². The Kier molecular flexibility index (Phi) is 6.38. The molecule has 0 rings (SSSR count). The molecule has 0 spiro atoms. The standard InChI is InChI=1S/C2H2F4.BrH/c3-1(4)2(5)6;/h1-2H;1H. The van der Waals surface area contributed by atoms with Crippen LogP contribution in [0.2, 0.25) is 0 Å². The molecule has 0 aromatic carbocycles. The molecule has 0 aliphatic rings. The van der Waals surface area contributed by atoms with E-state index in [-0.39, 0.29) is 17.0 Å². The van der Waals surface area contributed by atoms with Crippen molar-refractivity contribution in [3.05, 3.63) is 0 Å². The van der Waals surface area contributed by atoms with E-state index >= 15 is 0 Å². The maximum atomic E-state index is 10.4. The lowest BCUT2D eigenvalue weighted by atomic mass is 10.8. The summed E-state index contributed by atoms with van der Waals surface area (Å²) in [6, 6.07) is 0. The van der Waals surface area contributed by atoms with Gasteiger partial charge in [-0.3, -0.25) is 0 Å². The maximum Gasteiger partial charge on any atom is 0.298 e. The largest absolute Gasteiger partial charge is 0.298 e. The third-order valence-corrected chi connectivity index (χ3v) is 0.190. The van der Waals surface area contributed by atoms with Crippen molar-refractivity contribution in [3.63, 3.8) is 0 Å². The molecule has 0 aliphatic carbocycles. The van der Waals surface area contributed by atoms with Crippen molar-refractivity contribution in [3.8, 4) is 0 Å². The van der Waals surface area contributed by atoms with E-state index in [1.165, 1.54) is 0 Å². The Hall–Kier alpha value is 0.200. The molecule has 0 fully saturated rings. The summed E-state index contributed by atoms with van der Waals surface area (Å²) in [6.07, 6.45) is -6.96. The van der Waals surface area contributed by atoms with Gasteiger partial charge in [-0.2, -0.15) is 0 Å². The van der Waals surface area contributed by atoms with Crippen molar-refractivity contribution < 1.29 is 17.6 Å². The summed E-state index contributed by atoms with van der Waals surface area (Å²) in [5.74, 6) is 0. The van der Waals surface area contributed by atoms with E-state index in [0.29, 0.717) is 0 Å². The molecule has 0 heterocycles. The predicted molar refractivity (Wildman–Crippen MR) is 22.3 cm³/mol. The first-order valence-electron chi connectivity index (χ1n) is 1.21. The Labute approximate surface area is 48.3 Å². The molecule has 0 aliphatic heterocycles. The average Bonchev–Trinajstić information content (AvgIpc) is 1.36. The van der Waals surface area contributed by atoms with Gasteiger partial charge in [0, 0.05) is 0 Å². The molecule has 0 unspecified atom stereocenters. The Bertz CT molecular complexity index is 30.7. The minimum atomic E-state index is -3.48. The molecule has 0 aromatic heterocycles. The Morgan fingerprint density at radius 1 is 0.714 bits per heavy atom. The summed E-state index contributed by atoms with van der Waals surface area (Å²) < 4.78 is 41.6. The fourth-order valence-corrected chi connectivity index (χ4v) is 0. The number of hydrogen-bond donors (Lipinski definition) is 0. The normalized spacial score (nSPS) is 9.43. The lowest BCUT2D eigenvalue weighted by Gasteiger charge is -1.89. The van der Waals surface area contributed by atoms with Gasteiger partial charge in [-0.15, -0.1) is 17.0 Å². The van der Waals surface area contributed by atoms with Crippen LogP contribution in [0.3, 0.4) is 0 Å². The third kappa shape index (κ3) is 6.20. The molecule has 0 aromatic rings. The quantitative estimate of drug-likeness (QED) is 0.546. The average molecular weight is 183 g/mol. The lowest BCUT2D eigenvalue weighted by molar-refractivity contribution is -0.0278. The highest BCUT2D eigenvalue weighted by atomic mass is 79.9. The van der Waals surface area contributed by atoms with Crippen molar-refractivity contribution in [2.45, 2.75) is 12.9 Å². The van der Waals surface area contributed by atoms with Crippen LogP contribution in [0.25, 0.3) is 0 Å². The van der Waals surface area contributed by atoms with E-state index in [0.717, 1.165) is 0 Å². The van der Waals surface area contributed by atoms with Gasteiger partial charge in [0.05, 0.1) is 0 Å². The van der Waals surface area contributed by atoms with Crippen LogP contribution in [-0.2, 0) is 0 Å². The Balaban J connectivity index is 0. The van der Waals surface area contributed by atoms with Crippen molar-refractivity contribution in [1.29, 1.82) is 0 Å². The highest BCUT2D eigenvalue weighted by molar-refractivity contribution is 8.93. The Morgan fingerprint density at radius 2 is 0.857 bits per heavy atom. The summed E-state index contributed by atoms with van der Waals surface area (Å²) in [6.45, 7) is 0. The maximum absolute atomic E-state index is 10.4. The van der Waals surface area contributed by atoms with Crippen molar-refractivity contribution in [2.75, 3.05) is 0 Å². The fraction of sp³-hybridized carbons (Fsp3) is 1.00. The summed E-state index contributed by atoms with van der Waals surface area (Å²) >= 11 is 0. The van der Waals surface area contributed by atoms with E-state index < -0.39 is 12.9 Å².